The molecule has 1 spiro atoms. The Hall–Kier alpha value is -2.77. The molecule has 0 saturated carbocycles. The van der Waals surface area contributed by atoms with Crippen LogP contribution in [0.25, 0.3) is 10.2 Å². The average Bonchev–Trinajstić information content (AvgIpc) is 3.31. The fourth-order valence-electron chi connectivity index (χ4n) is 4.53. The third-order valence-electron chi connectivity index (χ3n) is 6.49. The molecule has 30 heavy (non-hydrogen) atoms. The molecule has 1 unspecified atom stereocenters. The Bertz CT molecular complexity index is 1120. The molecular formula is C23H24N4O2S. The zero-order valence-corrected chi connectivity index (χ0v) is 17.9. The number of carbonyl (C=O) groups excluding carboxylic acids is 2. The van der Waals surface area contributed by atoms with Crippen molar-refractivity contribution in [3.63, 3.8) is 0 Å². The van der Waals surface area contributed by atoms with E-state index < -0.39 is 5.54 Å². The van der Waals surface area contributed by atoms with Gasteiger partial charge in [-0.05, 0) is 56.5 Å². The van der Waals surface area contributed by atoms with Gasteiger partial charge >= 0.3 is 6.03 Å². The Morgan fingerprint density at radius 1 is 1.10 bits per heavy atom. The van der Waals surface area contributed by atoms with Crippen molar-refractivity contribution >= 4 is 39.2 Å². The molecule has 3 heterocycles. The van der Waals surface area contributed by atoms with Crippen LogP contribution in [0.5, 0.6) is 0 Å². The molecule has 0 bridgehead atoms. The second-order valence-corrected chi connectivity index (χ2v) is 9.17. The fourth-order valence-corrected chi connectivity index (χ4v) is 5.18. The molecule has 2 aliphatic rings. The van der Waals surface area contributed by atoms with E-state index >= 15 is 0 Å². The van der Waals surface area contributed by atoms with Crippen LogP contribution in [0.15, 0.2) is 48.0 Å². The molecule has 2 aliphatic heterocycles. The Balaban J connectivity index is 1.31. The number of rotatable bonds is 3. The van der Waals surface area contributed by atoms with E-state index in [2.05, 4.69) is 40.3 Å². The lowest BCUT2D eigenvalue weighted by molar-refractivity contribution is -0.124. The predicted molar refractivity (Wildman–Crippen MR) is 119 cm³/mol. The van der Waals surface area contributed by atoms with Gasteiger partial charge in [0, 0.05) is 19.1 Å². The van der Waals surface area contributed by atoms with E-state index in [1.54, 1.807) is 11.3 Å². The molecule has 3 aromatic rings. The fraction of sp³-hybridized carbons (Fsp3) is 0.348. The number of nitrogens with one attached hydrogen (secondary N) is 1. The molecular weight excluding hydrogens is 396 g/mol. The highest BCUT2D eigenvalue weighted by Gasteiger charge is 2.53. The number of carbonyl (C=O) groups is 2. The smallest absolute Gasteiger partial charge is 0.323 e. The summed E-state index contributed by atoms with van der Waals surface area (Å²) in [5.41, 5.74) is 5.07. The first-order valence-electron chi connectivity index (χ1n) is 10.3. The van der Waals surface area contributed by atoms with Gasteiger partial charge in [0.25, 0.3) is 5.91 Å². The molecule has 1 atom stereocenters. The number of amides is 3. The lowest BCUT2D eigenvalue weighted by Gasteiger charge is -2.40. The van der Waals surface area contributed by atoms with Crippen molar-refractivity contribution in [1.82, 2.24) is 15.2 Å². The highest BCUT2D eigenvalue weighted by molar-refractivity contribution is 7.16. The van der Waals surface area contributed by atoms with Crippen molar-refractivity contribution in [2.45, 2.75) is 38.3 Å². The monoisotopic (exact) mass is 420 g/mol. The Kier molecular flexibility index (Phi) is 4.60. The van der Waals surface area contributed by atoms with Crippen LogP contribution in [0.3, 0.4) is 0 Å². The molecule has 3 amide bonds. The van der Waals surface area contributed by atoms with E-state index in [4.69, 9.17) is 0 Å². The number of thiazole rings is 1. The first-order valence-corrected chi connectivity index (χ1v) is 11.2. The largest absolute Gasteiger partial charge is 0.329 e. The third kappa shape index (κ3) is 3.09. The lowest BCUT2D eigenvalue weighted by atomic mass is 9.86. The van der Waals surface area contributed by atoms with Crippen LogP contribution >= 0.6 is 11.3 Å². The zero-order valence-electron chi connectivity index (χ0n) is 17.1. The van der Waals surface area contributed by atoms with Gasteiger partial charge in [-0.25, -0.2) is 14.7 Å². The number of urea groups is 1. The average molecular weight is 421 g/mol. The number of hydrogen-bond acceptors (Lipinski definition) is 5. The van der Waals surface area contributed by atoms with Gasteiger partial charge in [0.1, 0.15) is 5.54 Å². The SMILES string of the molecule is Cc1ccc(N2C(=O)NC3(CCN(C(C)c4ccc5scnc5c4)CC3)C2=O)cc1. The van der Waals surface area contributed by atoms with Crippen molar-refractivity contribution < 1.29 is 9.59 Å². The quantitative estimate of drug-likeness (QED) is 0.643. The number of nitrogens with zero attached hydrogens (tertiary/aromatic N) is 3. The van der Waals surface area contributed by atoms with Crippen molar-refractivity contribution in [2.24, 2.45) is 0 Å². The predicted octanol–water partition coefficient (Wildman–Crippen LogP) is 4.26. The van der Waals surface area contributed by atoms with Gasteiger partial charge in [-0.2, -0.15) is 0 Å². The van der Waals surface area contributed by atoms with Gasteiger partial charge < -0.3 is 5.32 Å². The molecule has 0 aliphatic carbocycles. The Morgan fingerprint density at radius 3 is 2.57 bits per heavy atom. The van der Waals surface area contributed by atoms with Crippen LogP contribution < -0.4 is 10.2 Å². The standard InChI is InChI=1S/C23H24N4O2S/c1-15-3-6-18(7-4-15)27-21(28)23(25-22(27)29)9-11-26(12-10-23)16(2)17-5-8-20-19(13-17)24-14-30-20/h3-8,13-14,16H,9-12H2,1-2H3,(H,25,29). The maximum atomic E-state index is 13.3. The topological polar surface area (TPSA) is 65.5 Å². The molecule has 2 fully saturated rings. The second kappa shape index (κ2) is 7.18. The molecule has 6 nitrogen and oxygen atoms in total. The van der Waals surface area contributed by atoms with Crippen molar-refractivity contribution in [1.29, 1.82) is 0 Å². The van der Waals surface area contributed by atoms with Crippen LogP contribution in [0, 0.1) is 6.92 Å². The minimum atomic E-state index is -0.795. The van der Waals surface area contributed by atoms with E-state index in [9.17, 15) is 9.59 Å². The number of hydrogen-bond donors (Lipinski definition) is 1. The molecule has 2 aromatic carbocycles. The number of likely N-dealkylation sites (tertiary alicyclic amines) is 1. The van der Waals surface area contributed by atoms with E-state index in [1.165, 1.54) is 15.2 Å². The van der Waals surface area contributed by atoms with Crippen LogP contribution in [0.2, 0.25) is 0 Å². The normalized spacial score (nSPS) is 20.1. The van der Waals surface area contributed by atoms with E-state index in [-0.39, 0.29) is 18.0 Å². The first-order chi connectivity index (χ1) is 14.5. The van der Waals surface area contributed by atoms with E-state index in [0.29, 0.717) is 18.5 Å². The minimum absolute atomic E-state index is 0.132. The summed E-state index contributed by atoms with van der Waals surface area (Å²) in [6.45, 7) is 5.69. The second-order valence-electron chi connectivity index (χ2n) is 8.28. The molecule has 7 heteroatoms. The summed E-state index contributed by atoms with van der Waals surface area (Å²) >= 11 is 1.65. The van der Waals surface area contributed by atoms with E-state index in [0.717, 1.165) is 24.2 Å². The maximum absolute atomic E-state index is 13.3. The van der Waals surface area contributed by atoms with Gasteiger partial charge in [0.05, 0.1) is 21.4 Å². The van der Waals surface area contributed by atoms with Crippen LogP contribution in [0.1, 0.15) is 36.9 Å². The van der Waals surface area contributed by atoms with Gasteiger partial charge in [-0.3, -0.25) is 9.69 Å². The van der Waals surface area contributed by atoms with Gasteiger partial charge in [0.2, 0.25) is 0 Å². The van der Waals surface area contributed by atoms with Crippen molar-refractivity contribution in [2.75, 3.05) is 18.0 Å². The number of anilines is 1. The van der Waals surface area contributed by atoms with Crippen molar-refractivity contribution in [3.8, 4) is 0 Å². The zero-order chi connectivity index (χ0) is 20.9. The highest BCUT2D eigenvalue weighted by Crippen LogP contribution is 2.35. The lowest BCUT2D eigenvalue weighted by Crippen LogP contribution is -2.55. The van der Waals surface area contributed by atoms with Gasteiger partial charge in [-0.1, -0.05) is 23.8 Å². The summed E-state index contributed by atoms with van der Waals surface area (Å²) in [4.78, 5) is 34.0. The molecule has 0 radical (unpaired) electrons. The Labute approximate surface area is 179 Å². The molecule has 1 N–H and O–H groups in total. The van der Waals surface area contributed by atoms with Gasteiger partial charge in [0.15, 0.2) is 0 Å². The van der Waals surface area contributed by atoms with Crippen LogP contribution in [0.4, 0.5) is 10.5 Å². The summed E-state index contributed by atoms with van der Waals surface area (Å²) in [5.74, 6) is -0.132. The van der Waals surface area contributed by atoms with Crippen LogP contribution in [-0.2, 0) is 4.79 Å². The summed E-state index contributed by atoms with van der Waals surface area (Å²) < 4.78 is 1.19. The molecule has 154 valence electrons. The number of fused-ring (bicyclic) bond motifs is 1. The Morgan fingerprint density at radius 2 is 1.83 bits per heavy atom. The third-order valence-corrected chi connectivity index (χ3v) is 7.30. The maximum Gasteiger partial charge on any atom is 0.329 e. The highest BCUT2D eigenvalue weighted by atomic mass is 32.1. The van der Waals surface area contributed by atoms with E-state index in [1.807, 2.05) is 36.7 Å². The first kappa shape index (κ1) is 19.2. The summed E-state index contributed by atoms with van der Waals surface area (Å²) in [6.07, 6.45) is 1.23. The minimum Gasteiger partial charge on any atom is -0.323 e. The molecule has 5 rings (SSSR count). The summed E-state index contributed by atoms with van der Waals surface area (Å²) in [6, 6.07) is 13.9. The molecule has 1 aromatic heterocycles. The summed E-state index contributed by atoms with van der Waals surface area (Å²) in [5, 5.41) is 3.00. The van der Waals surface area contributed by atoms with Crippen LogP contribution in [-0.4, -0.2) is 40.5 Å². The van der Waals surface area contributed by atoms with Crippen molar-refractivity contribution in [3.05, 3.63) is 59.1 Å². The number of benzene rings is 2. The molecule has 2 saturated heterocycles. The number of imide groups is 1. The number of piperidine rings is 1. The van der Waals surface area contributed by atoms with Gasteiger partial charge in [-0.15, -0.1) is 11.3 Å². The number of aromatic nitrogens is 1. The summed E-state index contributed by atoms with van der Waals surface area (Å²) in [7, 11) is 0. The number of aryl methyl sites for hydroxylation is 1.